The van der Waals surface area contributed by atoms with E-state index in [-0.39, 0.29) is 12.5 Å². The smallest absolute Gasteiger partial charge is 0.408 e. The van der Waals surface area contributed by atoms with E-state index < -0.39 is 23.0 Å². The number of likely N-dealkylation sites (tertiary alicyclic amines) is 1. The van der Waals surface area contributed by atoms with E-state index >= 15 is 0 Å². The van der Waals surface area contributed by atoms with Gasteiger partial charge in [-0.3, -0.25) is 19.0 Å². The summed E-state index contributed by atoms with van der Waals surface area (Å²) in [4.78, 5) is 50.4. The van der Waals surface area contributed by atoms with E-state index in [1.54, 1.807) is 23.1 Å². The van der Waals surface area contributed by atoms with Gasteiger partial charge in [0.05, 0.1) is 5.52 Å². The van der Waals surface area contributed by atoms with E-state index in [0.29, 0.717) is 42.7 Å². The molecule has 0 unspecified atom stereocenters. The summed E-state index contributed by atoms with van der Waals surface area (Å²) < 4.78 is 6.48. The van der Waals surface area contributed by atoms with Gasteiger partial charge in [0.1, 0.15) is 12.0 Å². The van der Waals surface area contributed by atoms with Crippen molar-refractivity contribution in [3.63, 3.8) is 0 Å². The molecule has 0 atom stereocenters. The molecule has 2 aromatic rings. The Morgan fingerprint density at radius 1 is 1.14 bits per heavy atom. The number of carbonyl (C=O) groups excluding carboxylic acids is 3. The second kappa shape index (κ2) is 6.81. The molecule has 2 fully saturated rings. The van der Waals surface area contributed by atoms with Gasteiger partial charge >= 0.3 is 5.76 Å². The molecule has 1 aromatic heterocycles. The van der Waals surface area contributed by atoms with E-state index in [1.807, 2.05) is 0 Å². The monoisotopic (exact) mass is 386 g/mol. The molecule has 2 aliphatic rings. The highest BCUT2D eigenvalue weighted by Crippen LogP contribution is 2.46. The highest BCUT2D eigenvalue weighted by atomic mass is 16.4. The standard InChI is InChI=1S/C19H22N4O5/c20-16(25)19(6-7-19)17(26)21-12-4-5-14-13(10-12)23(18(27)28-14)11-15(24)22-8-2-1-3-9-22/h4-5,10H,1-3,6-9,11H2,(H2,20,25)(H,21,26). The minimum absolute atomic E-state index is 0.117. The van der Waals surface area contributed by atoms with Crippen molar-refractivity contribution in [2.75, 3.05) is 18.4 Å². The summed E-state index contributed by atoms with van der Waals surface area (Å²) in [5.74, 6) is -1.86. The lowest BCUT2D eigenvalue weighted by atomic mass is 10.1. The first-order valence-electron chi connectivity index (χ1n) is 9.43. The van der Waals surface area contributed by atoms with Gasteiger partial charge in [0.2, 0.25) is 17.7 Å². The summed E-state index contributed by atoms with van der Waals surface area (Å²) in [5.41, 5.74) is 5.33. The number of amides is 3. The van der Waals surface area contributed by atoms with E-state index in [4.69, 9.17) is 10.2 Å². The van der Waals surface area contributed by atoms with Crippen molar-refractivity contribution in [2.45, 2.75) is 38.6 Å². The summed E-state index contributed by atoms with van der Waals surface area (Å²) in [5, 5.41) is 2.68. The lowest BCUT2D eigenvalue weighted by molar-refractivity contribution is -0.133. The number of nitrogens with one attached hydrogen (secondary N) is 1. The zero-order valence-electron chi connectivity index (χ0n) is 15.4. The van der Waals surface area contributed by atoms with Gasteiger partial charge in [-0.05, 0) is 50.3 Å². The number of nitrogens with zero attached hydrogens (tertiary/aromatic N) is 2. The molecule has 0 spiro atoms. The Kier molecular flexibility index (Phi) is 4.44. The third kappa shape index (κ3) is 3.17. The maximum absolute atomic E-state index is 12.5. The van der Waals surface area contributed by atoms with Crippen molar-refractivity contribution in [1.29, 1.82) is 0 Å². The van der Waals surface area contributed by atoms with Crippen LogP contribution < -0.4 is 16.8 Å². The van der Waals surface area contributed by atoms with Gasteiger partial charge in [-0.1, -0.05) is 0 Å². The van der Waals surface area contributed by atoms with Gasteiger partial charge in [0.25, 0.3) is 0 Å². The lowest BCUT2D eigenvalue weighted by Crippen LogP contribution is -2.39. The van der Waals surface area contributed by atoms with Gasteiger partial charge in [-0.25, -0.2) is 4.79 Å². The summed E-state index contributed by atoms with van der Waals surface area (Å²) in [7, 11) is 0. The van der Waals surface area contributed by atoms with Gasteiger partial charge in [0.15, 0.2) is 5.58 Å². The number of oxazole rings is 1. The van der Waals surface area contributed by atoms with Gasteiger partial charge in [0, 0.05) is 18.8 Å². The molecule has 1 aromatic carbocycles. The van der Waals surface area contributed by atoms with Crippen LogP contribution >= 0.6 is 0 Å². The van der Waals surface area contributed by atoms with Crippen LogP contribution in [0.5, 0.6) is 0 Å². The quantitative estimate of drug-likeness (QED) is 0.735. The second-order valence-corrected chi connectivity index (χ2v) is 7.48. The molecule has 4 rings (SSSR count). The number of hydrogen-bond donors (Lipinski definition) is 2. The zero-order valence-corrected chi connectivity index (χ0v) is 15.4. The predicted molar refractivity (Wildman–Crippen MR) is 100 cm³/mol. The largest absolute Gasteiger partial charge is 0.420 e. The highest BCUT2D eigenvalue weighted by molar-refractivity contribution is 6.12. The number of benzene rings is 1. The highest BCUT2D eigenvalue weighted by Gasteiger charge is 2.55. The Morgan fingerprint density at radius 2 is 1.86 bits per heavy atom. The van der Waals surface area contributed by atoms with Crippen molar-refractivity contribution < 1.29 is 18.8 Å². The fourth-order valence-electron chi connectivity index (χ4n) is 3.63. The average molecular weight is 386 g/mol. The summed E-state index contributed by atoms with van der Waals surface area (Å²) in [6.07, 6.45) is 3.89. The molecule has 3 N–H and O–H groups in total. The molecule has 9 nitrogen and oxygen atoms in total. The molecule has 1 saturated carbocycles. The van der Waals surface area contributed by atoms with E-state index in [9.17, 15) is 19.2 Å². The molecule has 3 amide bonds. The van der Waals surface area contributed by atoms with Crippen LogP contribution in [0.1, 0.15) is 32.1 Å². The van der Waals surface area contributed by atoms with E-state index in [1.165, 1.54) is 4.57 Å². The number of anilines is 1. The molecule has 0 bridgehead atoms. The molecule has 9 heteroatoms. The maximum Gasteiger partial charge on any atom is 0.420 e. The van der Waals surface area contributed by atoms with Crippen LogP contribution in [-0.4, -0.2) is 40.3 Å². The Bertz CT molecular complexity index is 1010. The van der Waals surface area contributed by atoms with Crippen molar-refractivity contribution in [3.05, 3.63) is 28.7 Å². The minimum atomic E-state index is -1.14. The number of fused-ring (bicyclic) bond motifs is 1. The maximum atomic E-state index is 12.5. The molecule has 1 aliphatic heterocycles. The number of carbonyl (C=O) groups is 3. The molecule has 1 aliphatic carbocycles. The van der Waals surface area contributed by atoms with Gasteiger partial charge < -0.3 is 20.4 Å². The normalized spacial score (nSPS) is 18.1. The molecule has 2 heterocycles. The second-order valence-electron chi connectivity index (χ2n) is 7.48. The first-order chi connectivity index (χ1) is 13.4. The minimum Gasteiger partial charge on any atom is -0.408 e. The number of piperidine rings is 1. The van der Waals surface area contributed by atoms with Gasteiger partial charge in [-0.15, -0.1) is 0 Å². The SMILES string of the molecule is NC(=O)C1(C(=O)Nc2ccc3oc(=O)n(CC(=O)N4CCCCC4)c3c2)CC1. The summed E-state index contributed by atoms with van der Waals surface area (Å²) >= 11 is 0. The first-order valence-corrected chi connectivity index (χ1v) is 9.43. The molecule has 28 heavy (non-hydrogen) atoms. The Labute approximate surface area is 160 Å². The third-order valence-corrected chi connectivity index (χ3v) is 5.58. The number of hydrogen-bond acceptors (Lipinski definition) is 5. The number of aromatic nitrogens is 1. The Hall–Kier alpha value is -3.10. The van der Waals surface area contributed by atoms with Crippen LogP contribution in [0.4, 0.5) is 5.69 Å². The van der Waals surface area contributed by atoms with Crippen LogP contribution in [0, 0.1) is 5.41 Å². The van der Waals surface area contributed by atoms with E-state index in [2.05, 4.69) is 5.32 Å². The number of nitrogens with two attached hydrogens (primary N) is 1. The van der Waals surface area contributed by atoms with Crippen LogP contribution in [0.3, 0.4) is 0 Å². The molecule has 148 valence electrons. The third-order valence-electron chi connectivity index (χ3n) is 5.58. The van der Waals surface area contributed by atoms with Crippen LogP contribution in [0.25, 0.3) is 11.1 Å². The molecule has 1 saturated heterocycles. The number of primary amides is 1. The summed E-state index contributed by atoms with van der Waals surface area (Å²) in [6, 6.07) is 4.70. The van der Waals surface area contributed by atoms with E-state index in [0.717, 1.165) is 19.3 Å². The zero-order chi connectivity index (χ0) is 19.9. The Morgan fingerprint density at radius 3 is 2.50 bits per heavy atom. The van der Waals surface area contributed by atoms with Crippen molar-refractivity contribution in [2.24, 2.45) is 11.1 Å². The fraction of sp³-hybridized carbons (Fsp3) is 0.474. The van der Waals surface area contributed by atoms with Crippen molar-refractivity contribution >= 4 is 34.5 Å². The average Bonchev–Trinajstić information content (AvgIpc) is 3.45. The van der Waals surface area contributed by atoms with Crippen molar-refractivity contribution in [3.8, 4) is 0 Å². The van der Waals surface area contributed by atoms with Crippen LogP contribution in [-0.2, 0) is 20.9 Å². The molecule has 0 radical (unpaired) electrons. The topological polar surface area (TPSA) is 128 Å². The Balaban J connectivity index is 1.57. The summed E-state index contributed by atoms with van der Waals surface area (Å²) in [6.45, 7) is 1.27. The predicted octanol–water partition coefficient (Wildman–Crippen LogP) is 0.811. The van der Waals surface area contributed by atoms with Crippen molar-refractivity contribution in [1.82, 2.24) is 9.47 Å². The number of rotatable bonds is 5. The lowest BCUT2D eigenvalue weighted by Gasteiger charge is -2.26. The van der Waals surface area contributed by atoms with Gasteiger partial charge in [-0.2, -0.15) is 0 Å². The fourth-order valence-corrected chi connectivity index (χ4v) is 3.63. The molecular formula is C19H22N4O5. The first kappa shape index (κ1) is 18.3. The molecular weight excluding hydrogens is 364 g/mol. The van der Waals surface area contributed by atoms with Crippen LogP contribution in [0.2, 0.25) is 0 Å². The van der Waals surface area contributed by atoms with Crippen LogP contribution in [0.15, 0.2) is 27.4 Å².